The third kappa shape index (κ3) is 3.53. The minimum Gasteiger partial charge on any atom is -0.365 e. The van der Waals surface area contributed by atoms with Crippen LogP contribution in [0.4, 0.5) is 10.7 Å². The molecule has 2 aromatic rings. The number of nitrogens with two attached hydrogens (primary N) is 1. The zero-order valence-corrected chi connectivity index (χ0v) is 14.2. The summed E-state index contributed by atoms with van der Waals surface area (Å²) < 4.78 is 0. The summed E-state index contributed by atoms with van der Waals surface area (Å²) >= 11 is 1.37. The van der Waals surface area contributed by atoms with Crippen molar-refractivity contribution in [2.45, 2.75) is 32.1 Å². The molecular formula is C17H17N3O4S. The number of nitro benzene ring substituents is 1. The Balaban J connectivity index is 1.92. The number of anilines is 1. The fraction of sp³-hybridized carbons (Fsp3) is 0.294. The Morgan fingerprint density at radius 2 is 1.96 bits per heavy atom. The quantitative estimate of drug-likeness (QED) is 0.495. The molecule has 8 heteroatoms. The van der Waals surface area contributed by atoms with Crippen LogP contribution in [0.15, 0.2) is 24.3 Å². The summed E-state index contributed by atoms with van der Waals surface area (Å²) in [5.41, 5.74) is 6.85. The maximum absolute atomic E-state index is 12.5. The van der Waals surface area contributed by atoms with E-state index in [4.69, 9.17) is 5.73 Å². The molecule has 1 aromatic carbocycles. The van der Waals surface area contributed by atoms with Crippen LogP contribution >= 0.6 is 11.3 Å². The summed E-state index contributed by atoms with van der Waals surface area (Å²) in [4.78, 5) is 35.8. The molecule has 1 heterocycles. The van der Waals surface area contributed by atoms with Gasteiger partial charge in [-0.2, -0.15) is 0 Å². The van der Waals surface area contributed by atoms with Gasteiger partial charge in [0.25, 0.3) is 17.5 Å². The lowest BCUT2D eigenvalue weighted by molar-refractivity contribution is -0.384. The van der Waals surface area contributed by atoms with Gasteiger partial charge in [0.05, 0.1) is 10.5 Å². The predicted octanol–water partition coefficient (Wildman–Crippen LogP) is 3.28. The summed E-state index contributed by atoms with van der Waals surface area (Å²) in [6.07, 6.45) is 4.78. The maximum Gasteiger partial charge on any atom is 0.270 e. The highest BCUT2D eigenvalue weighted by molar-refractivity contribution is 7.17. The van der Waals surface area contributed by atoms with Crippen LogP contribution in [0.5, 0.6) is 0 Å². The van der Waals surface area contributed by atoms with Gasteiger partial charge in [-0.05, 0) is 37.3 Å². The van der Waals surface area contributed by atoms with E-state index < -0.39 is 16.7 Å². The van der Waals surface area contributed by atoms with E-state index in [1.807, 2.05) is 0 Å². The Morgan fingerprint density at radius 1 is 1.20 bits per heavy atom. The number of benzene rings is 1. The van der Waals surface area contributed by atoms with Crippen molar-refractivity contribution in [3.63, 3.8) is 0 Å². The molecule has 3 N–H and O–H groups in total. The summed E-state index contributed by atoms with van der Waals surface area (Å²) in [7, 11) is 0. The largest absolute Gasteiger partial charge is 0.365 e. The highest BCUT2D eigenvalue weighted by Gasteiger charge is 2.24. The molecule has 0 saturated carbocycles. The number of carbonyl (C=O) groups excluding carboxylic acids is 2. The fourth-order valence-electron chi connectivity index (χ4n) is 3.03. The SMILES string of the molecule is NC(=O)c1c(NC(=O)c2cccc([N+](=O)[O-])c2)sc2c1CCCCC2. The Hall–Kier alpha value is -2.74. The van der Waals surface area contributed by atoms with E-state index in [0.29, 0.717) is 10.6 Å². The third-order valence-corrected chi connectivity index (χ3v) is 5.42. The predicted molar refractivity (Wildman–Crippen MR) is 95.1 cm³/mol. The molecule has 1 aliphatic rings. The molecular weight excluding hydrogens is 342 g/mol. The van der Waals surface area contributed by atoms with Crippen molar-refractivity contribution in [1.29, 1.82) is 0 Å². The summed E-state index contributed by atoms with van der Waals surface area (Å²) in [5, 5.41) is 14.0. The standard InChI is InChI=1S/C17H17N3O4S/c18-15(21)14-12-7-2-1-3-8-13(12)25-17(14)19-16(22)10-5-4-6-11(9-10)20(23)24/h4-6,9H,1-3,7-8H2,(H2,18,21)(H,19,22). The summed E-state index contributed by atoms with van der Waals surface area (Å²) in [6.45, 7) is 0. The van der Waals surface area contributed by atoms with E-state index in [9.17, 15) is 19.7 Å². The number of aryl methyl sites for hydroxylation is 1. The van der Waals surface area contributed by atoms with Gasteiger partial charge in [-0.1, -0.05) is 12.5 Å². The Labute approximate surface area is 148 Å². The number of fused-ring (bicyclic) bond motifs is 1. The fourth-order valence-corrected chi connectivity index (χ4v) is 4.32. The van der Waals surface area contributed by atoms with Gasteiger partial charge in [0.15, 0.2) is 0 Å². The van der Waals surface area contributed by atoms with Crippen LogP contribution in [0.3, 0.4) is 0 Å². The normalized spacial score (nSPS) is 13.6. The van der Waals surface area contributed by atoms with Crippen LogP contribution in [0.25, 0.3) is 0 Å². The second kappa shape index (κ2) is 7.02. The number of nitrogens with zero attached hydrogens (tertiary/aromatic N) is 1. The van der Waals surface area contributed by atoms with Gasteiger partial charge in [-0.3, -0.25) is 19.7 Å². The first-order valence-electron chi connectivity index (χ1n) is 7.97. The number of amides is 2. The molecule has 0 fully saturated rings. The van der Waals surface area contributed by atoms with E-state index >= 15 is 0 Å². The number of non-ortho nitro benzene ring substituents is 1. The van der Waals surface area contributed by atoms with E-state index in [0.717, 1.165) is 42.5 Å². The molecule has 0 bridgehead atoms. The van der Waals surface area contributed by atoms with Gasteiger partial charge in [0.2, 0.25) is 0 Å². The van der Waals surface area contributed by atoms with Gasteiger partial charge in [0, 0.05) is 22.6 Å². The Kier molecular flexibility index (Phi) is 4.80. The van der Waals surface area contributed by atoms with Crippen LogP contribution in [0.2, 0.25) is 0 Å². The molecule has 0 radical (unpaired) electrons. The molecule has 1 aromatic heterocycles. The monoisotopic (exact) mass is 359 g/mol. The molecule has 25 heavy (non-hydrogen) atoms. The van der Waals surface area contributed by atoms with E-state index in [1.165, 1.54) is 35.6 Å². The van der Waals surface area contributed by atoms with Crippen molar-refractivity contribution in [3.8, 4) is 0 Å². The molecule has 3 rings (SSSR count). The Morgan fingerprint density at radius 3 is 2.68 bits per heavy atom. The third-order valence-electron chi connectivity index (χ3n) is 4.21. The van der Waals surface area contributed by atoms with Crippen LogP contribution in [-0.2, 0) is 12.8 Å². The van der Waals surface area contributed by atoms with Crippen LogP contribution in [0, 0.1) is 10.1 Å². The molecule has 0 atom stereocenters. The lowest BCUT2D eigenvalue weighted by atomic mass is 10.1. The zero-order valence-electron chi connectivity index (χ0n) is 13.4. The zero-order chi connectivity index (χ0) is 18.0. The van der Waals surface area contributed by atoms with Gasteiger partial charge >= 0.3 is 0 Å². The average molecular weight is 359 g/mol. The average Bonchev–Trinajstić information content (AvgIpc) is 2.76. The van der Waals surface area contributed by atoms with Gasteiger partial charge in [0.1, 0.15) is 5.00 Å². The topological polar surface area (TPSA) is 115 Å². The van der Waals surface area contributed by atoms with Crippen LogP contribution < -0.4 is 11.1 Å². The lowest BCUT2D eigenvalue weighted by Crippen LogP contribution is -2.18. The molecule has 2 amide bonds. The highest BCUT2D eigenvalue weighted by Crippen LogP contribution is 2.37. The number of hydrogen-bond acceptors (Lipinski definition) is 5. The summed E-state index contributed by atoms with van der Waals surface area (Å²) in [5.74, 6) is -1.06. The first kappa shape index (κ1) is 17.1. The second-order valence-electron chi connectivity index (χ2n) is 5.89. The van der Waals surface area contributed by atoms with Crippen LogP contribution in [0.1, 0.15) is 50.4 Å². The van der Waals surface area contributed by atoms with Crippen molar-refractivity contribution < 1.29 is 14.5 Å². The highest BCUT2D eigenvalue weighted by atomic mass is 32.1. The number of primary amides is 1. The lowest BCUT2D eigenvalue weighted by Gasteiger charge is -2.06. The number of carbonyl (C=O) groups is 2. The van der Waals surface area contributed by atoms with Crippen LogP contribution in [-0.4, -0.2) is 16.7 Å². The molecule has 130 valence electrons. The smallest absolute Gasteiger partial charge is 0.270 e. The molecule has 7 nitrogen and oxygen atoms in total. The van der Waals surface area contributed by atoms with Crippen molar-refractivity contribution in [3.05, 3.63) is 55.9 Å². The van der Waals surface area contributed by atoms with E-state index in [2.05, 4.69) is 5.32 Å². The molecule has 0 saturated heterocycles. The second-order valence-corrected chi connectivity index (χ2v) is 7.00. The summed E-state index contributed by atoms with van der Waals surface area (Å²) in [6, 6.07) is 5.47. The first-order valence-corrected chi connectivity index (χ1v) is 8.79. The van der Waals surface area contributed by atoms with Gasteiger partial charge in [-0.25, -0.2) is 0 Å². The molecule has 1 aliphatic carbocycles. The van der Waals surface area contributed by atoms with Gasteiger partial charge in [-0.15, -0.1) is 11.3 Å². The number of hydrogen-bond donors (Lipinski definition) is 2. The Bertz CT molecular complexity index is 860. The van der Waals surface area contributed by atoms with Crippen molar-refractivity contribution >= 4 is 33.8 Å². The van der Waals surface area contributed by atoms with Crippen molar-refractivity contribution in [2.75, 3.05) is 5.32 Å². The minimum absolute atomic E-state index is 0.160. The van der Waals surface area contributed by atoms with E-state index in [-0.39, 0.29) is 11.3 Å². The molecule has 0 aliphatic heterocycles. The van der Waals surface area contributed by atoms with E-state index in [1.54, 1.807) is 0 Å². The van der Waals surface area contributed by atoms with Crippen molar-refractivity contribution in [1.82, 2.24) is 0 Å². The molecule has 0 unspecified atom stereocenters. The maximum atomic E-state index is 12.5. The first-order chi connectivity index (χ1) is 12.0. The number of thiophene rings is 1. The minimum atomic E-state index is -0.561. The van der Waals surface area contributed by atoms with Crippen molar-refractivity contribution in [2.24, 2.45) is 5.73 Å². The number of nitro groups is 1. The number of nitrogens with one attached hydrogen (secondary N) is 1. The van der Waals surface area contributed by atoms with Gasteiger partial charge < -0.3 is 11.1 Å². The number of rotatable bonds is 4. The molecule has 0 spiro atoms.